The lowest BCUT2D eigenvalue weighted by Crippen LogP contribution is -2.44. The third kappa shape index (κ3) is 3.12. The summed E-state index contributed by atoms with van der Waals surface area (Å²) in [4.78, 5) is 12.6. The molecule has 2 N–H and O–H groups in total. The summed E-state index contributed by atoms with van der Waals surface area (Å²) in [6.07, 6.45) is 2.62. The summed E-state index contributed by atoms with van der Waals surface area (Å²) in [6, 6.07) is 5.49. The fraction of sp³-hybridized carbons (Fsp3) is 0.500. The zero-order valence-electron chi connectivity index (χ0n) is 10.9. The molecule has 1 fully saturated rings. The van der Waals surface area contributed by atoms with E-state index in [-0.39, 0.29) is 11.3 Å². The van der Waals surface area contributed by atoms with Crippen LogP contribution in [0.2, 0.25) is 5.02 Å². The van der Waals surface area contributed by atoms with Gasteiger partial charge >= 0.3 is 0 Å². The average molecular weight is 346 g/mol. The lowest BCUT2D eigenvalue weighted by molar-refractivity contribution is -0.127. The molecule has 1 aliphatic heterocycles. The van der Waals surface area contributed by atoms with E-state index in [2.05, 4.69) is 33.5 Å². The number of carbonyl (C=O) groups excluding carboxylic acids is 1. The first kappa shape index (κ1) is 14.8. The standard InChI is InChI=1S/C14H18BrClN2O/c1-2-14(6-8-17-9-7-14)13(19)18-11-5-3-4-10(16)12(11)15/h3-5,17H,2,6-9H2,1H3,(H,18,19). The maximum absolute atomic E-state index is 12.6. The highest BCUT2D eigenvalue weighted by atomic mass is 79.9. The van der Waals surface area contributed by atoms with Gasteiger partial charge in [0.25, 0.3) is 0 Å². The molecule has 1 amide bonds. The predicted molar refractivity (Wildman–Crippen MR) is 82.6 cm³/mol. The topological polar surface area (TPSA) is 41.1 Å². The van der Waals surface area contributed by atoms with Crippen LogP contribution in [-0.4, -0.2) is 19.0 Å². The molecule has 19 heavy (non-hydrogen) atoms. The smallest absolute Gasteiger partial charge is 0.230 e. The van der Waals surface area contributed by atoms with Crippen molar-refractivity contribution in [2.45, 2.75) is 26.2 Å². The van der Waals surface area contributed by atoms with E-state index >= 15 is 0 Å². The van der Waals surface area contributed by atoms with Gasteiger partial charge in [-0.15, -0.1) is 0 Å². The van der Waals surface area contributed by atoms with E-state index in [1.54, 1.807) is 6.07 Å². The number of amides is 1. The van der Waals surface area contributed by atoms with Crippen LogP contribution in [0.25, 0.3) is 0 Å². The van der Waals surface area contributed by atoms with Gasteiger partial charge < -0.3 is 10.6 Å². The third-order valence-electron chi connectivity index (χ3n) is 3.92. The van der Waals surface area contributed by atoms with Crippen LogP contribution in [0, 0.1) is 5.41 Å². The van der Waals surface area contributed by atoms with Gasteiger partial charge in [0.1, 0.15) is 0 Å². The van der Waals surface area contributed by atoms with Gasteiger partial charge in [-0.3, -0.25) is 4.79 Å². The number of piperidine rings is 1. The number of rotatable bonds is 3. The Labute approximate surface area is 127 Å². The van der Waals surface area contributed by atoms with E-state index in [0.717, 1.165) is 42.5 Å². The van der Waals surface area contributed by atoms with Crippen LogP contribution in [0.4, 0.5) is 5.69 Å². The minimum atomic E-state index is -0.257. The second-order valence-electron chi connectivity index (χ2n) is 4.94. The van der Waals surface area contributed by atoms with E-state index < -0.39 is 0 Å². The number of nitrogens with one attached hydrogen (secondary N) is 2. The van der Waals surface area contributed by atoms with Gasteiger partial charge in [0.05, 0.1) is 20.6 Å². The summed E-state index contributed by atoms with van der Waals surface area (Å²) in [5.74, 6) is 0.0967. The molecule has 0 aromatic heterocycles. The summed E-state index contributed by atoms with van der Waals surface area (Å²) in [5, 5.41) is 6.92. The van der Waals surface area contributed by atoms with Crippen molar-refractivity contribution < 1.29 is 4.79 Å². The van der Waals surface area contributed by atoms with Crippen molar-refractivity contribution in [2.75, 3.05) is 18.4 Å². The Balaban J connectivity index is 2.17. The van der Waals surface area contributed by atoms with Crippen LogP contribution >= 0.6 is 27.5 Å². The molecule has 0 bridgehead atoms. The van der Waals surface area contributed by atoms with Crippen molar-refractivity contribution in [1.82, 2.24) is 5.32 Å². The van der Waals surface area contributed by atoms with Gasteiger partial charge in [-0.25, -0.2) is 0 Å². The summed E-state index contributed by atoms with van der Waals surface area (Å²) in [5.41, 5.74) is 0.483. The van der Waals surface area contributed by atoms with Crippen molar-refractivity contribution >= 4 is 39.1 Å². The Morgan fingerprint density at radius 3 is 2.79 bits per heavy atom. The molecule has 0 saturated carbocycles. The van der Waals surface area contributed by atoms with Crippen LogP contribution in [0.1, 0.15) is 26.2 Å². The van der Waals surface area contributed by atoms with Gasteiger partial charge in [-0.2, -0.15) is 0 Å². The van der Waals surface area contributed by atoms with Crippen LogP contribution in [0.15, 0.2) is 22.7 Å². The maximum Gasteiger partial charge on any atom is 0.230 e. The second-order valence-corrected chi connectivity index (χ2v) is 6.14. The van der Waals surface area contributed by atoms with Crippen molar-refractivity contribution in [3.8, 4) is 0 Å². The Morgan fingerprint density at radius 1 is 1.47 bits per heavy atom. The fourth-order valence-electron chi connectivity index (χ4n) is 2.50. The van der Waals surface area contributed by atoms with Crippen molar-refractivity contribution in [1.29, 1.82) is 0 Å². The Bertz CT molecular complexity index is 473. The summed E-state index contributed by atoms with van der Waals surface area (Å²) in [6.45, 7) is 3.88. The normalized spacial score (nSPS) is 18.1. The molecule has 0 atom stereocenters. The van der Waals surface area contributed by atoms with E-state index in [4.69, 9.17) is 11.6 Å². The first-order valence-electron chi connectivity index (χ1n) is 6.55. The molecule has 1 aromatic rings. The highest BCUT2D eigenvalue weighted by Crippen LogP contribution is 2.36. The highest BCUT2D eigenvalue weighted by molar-refractivity contribution is 9.10. The molecule has 0 unspecified atom stereocenters. The molecule has 3 nitrogen and oxygen atoms in total. The van der Waals surface area contributed by atoms with E-state index in [1.165, 1.54) is 0 Å². The molecular formula is C14H18BrClN2O. The quantitative estimate of drug-likeness (QED) is 0.874. The Hall–Kier alpha value is -0.580. The molecule has 1 aliphatic rings. The lowest BCUT2D eigenvalue weighted by Gasteiger charge is -2.35. The van der Waals surface area contributed by atoms with Crippen LogP contribution in [0.3, 0.4) is 0 Å². The van der Waals surface area contributed by atoms with E-state index in [1.807, 2.05) is 12.1 Å². The summed E-state index contributed by atoms with van der Waals surface area (Å²) < 4.78 is 0.741. The summed E-state index contributed by atoms with van der Waals surface area (Å²) in [7, 11) is 0. The predicted octanol–water partition coefficient (Wildman–Crippen LogP) is 3.82. The maximum atomic E-state index is 12.6. The van der Waals surface area contributed by atoms with Crippen LogP contribution < -0.4 is 10.6 Å². The molecule has 0 spiro atoms. The Morgan fingerprint density at radius 2 is 2.16 bits per heavy atom. The number of hydrogen-bond donors (Lipinski definition) is 2. The lowest BCUT2D eigenvalue weighted by atomic mass is 9.76. The molecule has 1 saturated heterocycles. The Kier molecular flexibility index (Phi) is 4.87. The number of benzene rings is 1. The molecule has 0 aliphatic carbocycles. The van der Waals surface area contributed by atoms with Crippen LogP contribution in [0.5, 0.6) is 0 Å². The molecular weight excluding hydrogens is 328 g/mol. The van der Waals surface area contributed by atoms with E-state index in [9.17, 15) is 4.79 Å². The first-order valence-corrected chi connectivity index (χ1v) is 7.72. The number of hydrogen-bond acceptors (Lipinski definition) is 2. The minimum Gasteiger partial charge on any atom is -0.325 e. The number of halogens is 2. The molecule has 2 rings (SSSR count). The van der Waals surface area contributed by atoms with Crippen molar-refractivity contribution in [3.05, 3.63) is 27.7 Å². The fourth-order valence-corrected chi connectivity index (χ4v) is 3.04. The molecule has 0 radical (unpaired) electrons. The zero-order valence-corrected chi connectivity index (χ0v) is 13.3. The first-order chi connectivity index (χ1) is 9.09. The second kappa shape index (κ2) is 6.25. The van der Waals surface area contributed by atoms with Gasteiger partial charge in [-0.05, 0) is 60.4 Å². The molecule has 1 aromatic carbocycles. The molecule has 5 heteroatoms. The third-order valence-corrected chi connectivity index (χ3v) is 5.32. The molecule has 1 heterocycles. The monoisotopic (exact) mass is 344 g/mol. The van der Waals surface area contributed by atoms with Gasteiger partial charge in [-0.1, -0.05) is 24.6 Å². The number of anilines is 1. The summed E-state index contributed by atoms with van der Waals surface area (Å²) >= 11 is 9.46. The van der Waals surface area contributed by atoms with Gasteiger partial charge in [0, 0.05) is 0 Å². The highest BCUT2D eigenvalue weighted by Gasteiger charge is 2.37. The van der Waals surface area contributed by atoms with Crippen LogP contribution in [-0.2, 0) is 4.79 Å². The van der Waals surface area contributed by atoms with Crippen molar-refractivity contribution in [3.63, 3.8) is 0 Å². The zero-order chi connectivity index (χ0) is 13.9. The van der Waals surface area contributed by atoms with E-state index in [0.29, 0.717) is 5.02 Å². The van der Waals surface area contributed by atoms with Crippen molar-refractivity contribution in [2.24, 2.45) is 5.41 Å². The number of carbonyl (C=O) groups is 1. The molecule has 104 valence electrons. The largest absolute Gasteiger partial charge is 0.325 e. The van der Waals surface area contributed by atoms with Gasteiger partial charge in [0.2, 0.25) is 5.91 Å². The minimum absolute atomic E-state index is 0.0967. The SMILES string of the molecule is CCC1(C(=O)Nc2cccc(Cl)c2Br)CCNCC1. The average Bonchev–Trinajstić information content (AvgIpc) is 2.44. The van der Waals surface area contributed by atoms with Gasteiger partial charge in [0.15, 0.2) is 0 Å².